The summed E-state index contributed by atoms with van der Waals surface area (Å²) in [5, 5.41) is 0. The third kappa shape index (κ3) is 2.88. The number of nitrogens with zero attached hydrogens (tertiary/aromatic N) is 1. The molecule has 0 spiro atoms. The number of carbonyl (C=O) groups excluding carboxylic acids is 1. The van der Waals surface area contributed by atoms with Gasteiger partial charge in [0.25, 0.3) is 11.5 Å². The fourth-order valence-electron chi connectivity index (χ4n) is 1.78. The first-order chi connectivity index (χ1) is 8.97. The first-order valence-electron chi connectivity index (χ1n) is 5.74. The molecule has 2 aromatic rings. The molecule has 0 radical (unpaired) electrons. The van der Waals surface area contributed by atoms with Crippen molar-refractivity contribution in [2.45, 2.75) is 13.8 Å². The molecule has 1 N–H and O–H groups in total. The number of carbonyl (C=O) groups is 1. The summed E-state index contributed by atoms with van der Waals surface area (Å²) in [5.74, 6) is -0.880. The zero-order valence-electron chi connectivity index (χ0n) is 10.6. The van der Waals surface area contributed by atoms with Gasteiger partial charge in [-0.2, -0.15) is 0 Å². The van der Waals surface area contributed by atoms with Gasteiger partial charge in [-0.15, -0.1) is 0 Å². The predicted molar refractivity (Wildman–Crippen MR) is 70.3 cm³/mol. The number of halogens is 1. The molecule has 0 saturated heterocycles. The molecule has 0 aliphatic rings. The second-order valence-corrected chi connectivity index (χ2v) is 4.30. The summed E-state index contributed by atoms with van der Waals surface area (Å²) < 4.78 is 13.9. The maximum absolute atomic E-state index is 12.8. The van der Waals surface area contributed by atoms with Crippen molar-refractivity contribution >= 4 is 5.91 Å². The SMILES string of the molecule is Cc1cc(C)n(NC(=O)c2ccc(F)cc2)c(=O)c1. The van der Waals surface area contributed by atoms with E-state index in [1.54, 1.807) is 19.9 Å². The van der Waals surface area contributed by atoms with Crippen molar-refractivity contribution in [3.63, 3.8) is 0 Å². The molecule has 1 amide bonds. The molecule has 0 aliphatic heterocycles. The number of hydrogen-bond acceptors (Lipinski definition) is 2. The Kier molecular flexibility index (Phi) is 3.46. The number of aromatic nitrogens is 1. The Labute approximate surface area is 109 Å². The van der Waals surface area contributed by atoms with E-state index in [2.05, 4.69) is 5.43 Å². The first kappa shape index (κ1) is 13.0. The van der Waals surface area contributed by atoms with Crippen LogP contribution in [0.4, 0.5) is 4.39 Å². The number of hydrogen-bond donors (Lipinski definition) is 1. The summed E-state index contributed by atoms with van der Waals surface area (Å²) in [5.41, 5.74) is 3.91. The molecule has 5 heteroatoms. The Balaban J connectivity index is 2.29. The average Bonchev–Trinajstić information content (AvgIpc) is 2.34. The predicted octanol–water partition coefficient (Wildman–Crippen LogP) is 1.99. The van der Waals surface area contributed by atoms with Crippen molar-refractivity contribution in [3.8, 4) is 0 Å². The highest BCUT2D eigenvalue weighted by molar-refractivity contribution is 5.99. The molecule has 1 aromatic carbocycles. The molecule has 0 unspecified atom stereocenters. The Morgan fingerprint density at radius 3 is 2.37 bits per heavy atom. The van der Waals surface area contributed by atoms with Crippen LogP contribution in [0.1, 0.15) is 21.6 Å². The van der Waals surface area contributed by atoms with Crippen LogP contribution in [0, 0.1) is 19.7 Å². The van der Waals surface area contributed by atoms with Gasteiger partial charge in [0.2, 0.25) is 0 Å². The number of benzene rings is 1. The molecule has 2 rings (SSSR count). The molecule has 4 nitrogen and oxygen atoms in total. The highest BCUT2D eigenvalue weighted by atomic mass is 19.1. The van der Waals surface area contributed by atoms with Crippen molar-refractivity contribution in [1.82, 2.24) is 4.68 Å². The van der Waals surface area contributed by atoms with Crippen LogP contribution in [0.2, 0.25) is 0 Å². The van der Waals surface area contributed by atoms with E-state index >= 15 is 0 Å². The highest BCUT2D eigenvalue weighted by Crippen LogP contribution is 2.04. The molecule has 0 saturated carbocycles. The van der Waals surface area contributed by atoms with Gasteiger partial charge in [0.1, 0.15) is 5.82 Å². The van der Waals surface area contributed by atoms with Crippen LogP contribution in [0.15, 0.2) is 41.2 Å². The van der Waals surface area contributed by atoms with Crippen LogP contribution < -0.4 is 11.0 Å². The maximum Gasteiger partial charge on any atom is 0.270 e. The zero-order chi connectivity index (χ0) is 14.0. The Morgan fingerprint density at radius 1 is 1.16 bits per heavy atom. The second-order valence-electron chi connectivity index (χ2n) is 4.30. The number of amides is 1. The molecule has 1 aromatic heterocycles. The van der Waals surface area contributed by atoms with Crippen LogP contribution >= 0.6 is 0 Å². The third-order valence-electron chi connectivity index (χ3n) is 2.68. The Bertz CT molecular complexity index is 675. The minimum atomic E-state index is -0.464. The molecular weight excluding hydrogens is 247 g/mol. The minimum Gasteiger partial charge on any atom is -0.267 e. The van der Waals surface area contributed by atoms with Gasteiger partial charge in [0.15, 0.2) is 0 Å². The van der Waals surface area contributed by atoms with E-state index in [-0.39, 0.29) is 11.1 Å². The number of aryl methyl sites for hydroxylation is 2. The smallest absolute Gasteiger partial charge is 0.267 e. The lowest BCUT2D eigenvalue weighted by Gasteiger charge is -2.11. The molecule has 0 fully saturated rings. The molecule has 0 atom stereocenters. The van der Waals surface area contributed by atoms with Crippen molar-refractivity contribution in [2.75, 3.05) is 5.43 Å². The molecular formula is C14H13FN2O2. The standard InChI is InChI=1S/C14H13FN2O2/c1-9-7-10(2)17(13(18)8-9)16-14(19)11-3-5-12(15)6-4-11/h3-8H,1-2H3,(H,16,19). The van der Waals surface area contributed by atoms with Crippen molar-refractivity contribution in [3.05, 3.63) is 69.4 Å². The van der Waals surface area contributed by atoms with Crippen LogP contribution in [0.25, 0.3) is 0 Å². The second kappa shape index (κ2) is 5.06. The van der Waals surface area contributed by atoms with Crippen molar-refractivity contribution in [2.24, 2.45) is 0 Å². The van der Waals surface area contributed by atoms with Gasteiger partial charge in [-0.3, -0.25) is 15.0 Å². The normalized spacial score (nSPS) is 10.3. The van der Waals surface area contributed by atoms with Crippen molar-refractivity contribution in [1.29, 1.82) is 0 Å². The highest BCUT2D eigenvalue weighted by Gasteiger charge is 2.08. The topological polar surface area (TPSA) is 51.1 Å². The van der Waals surface area contributed by atoms with Crippen LogP contribution in [0.3, 0.4) is 0 Å². The summed E-state index contributed by atoms with van der Waals surface area (Å²) in [4.78, 5) is 23.7. The van der Waals surface area contributed by atoms with E-state index in [9.17, 15) is 14.0 Å². The van der Waals surface area contributed by atoms with Gasteiger partial charge >= 0.3 is 0 Å². The Morgan fingerprint density at radius 2 is 1.79 bits per heavy atom. The van der Waals surface area contributed by atoms with Gasteiger partial charge in [0.05, 0.1) is 0 Å². The number of nitrogens with one attached hydrogen (secondary N) is 1. The zero-order valence-corrected chi connectivity index (χ0v) is 10.6. The van der Waals surface area contributed by atoms with Gasteiger partial charge < -0.3 is 0 Å². The summed E-state index contributed by atoms with van der Waals surface area (Å²) in [6.07, 6.45) is 0. The van der Waals surface area contributed by atoms with E-state index in [0.717, 1.165) is 5.56 Å². The van der Waals surface area contributed by atoms with Crippen LogP contribution in [-0.4, -0.2) is 10.6 Å². The van der Waals surface area contributed by atoms with E-state index < -0.39 is 11.7 Å². The summed E-state index contributed by atoms with van der Waals surface area (Å²) in [7, 11) is 0. The lowest BCUT2D eigenvalue weighted by molar-refractivity contribution is 0.101. The largest absolute Gasteiger partial charge is 0.270 e. The lowest BCUT2D eigenvalue weighted by atomic mass is 10.2. The monoisotopic (exact) mass is 260 g/mol. The van der Waals surface area contributed by atoms with Gasteiger partial charge in [-0.25, -0.2) is 9.07 Å². The first-order valence-corrected chi connectivity index (χ1v) is 5.74. The molecule has 0 bridgehead atoms. The summed E-state index contributed by atoms with van der Waals surface area (Å²) in [6.45, 7) is 3.53. The van der Waals surface area contributed by atoms with Crippen LogP contribution in [0.5, 0.6) is 0 Å². The van der Waals surface area contributed by atoms with Crippen molar-refractivity contribution < 1.29 is 9.18 Å². The molecule has 0 aliphatic carbocycles. The quantitative estimate of drug-likeness (QED) is 0.897. The lowest BCUT2D eigenvalue weighted by Crippen LogP contribution is -2.34. The summed E-state index contributed by atoms with van der Waals surface area (Å²) >= 11 is 0. The van der Waals surface area contributed by atoms with Crippen LogP contribution in [-0.2, 0) is 0 Å². The van der Waals surface area contributed by atoms with E-state index in [0.29, 0.717) is 5.69 Å². The molecule has 19 heavy (non-hydrogen) atoms. The fraction of sp³-hybridized carbons (Fsp3) is 0.143. The molecule has 98 valence electrons. The summed E-state index contributed by atoms with van der Waals surface area (Å²) in [6, 6.07) is 8.32. The van der Waals surface area contributed by atoms with Gasteiger partial charge in [-0.1, -0.05) is 0 Å². The van der Waals surface area contributed by atoms with E-state index in [1.807, 2.05) is 0 Å². The fourth-order valence-corrected chi connectivity index (χ4v) is 1.78. The maximum atomic E-state index is 12.8. The van der Waals surface area contributed by atoms with E-state index in [1.165, 1.54) is 35.0 Å². The number of pyridine rings is 1. The van der Waals surface area contributed by atoms with Gasteiger partial charge in [0, 0.05) is 17.3 Å². The van der Waals surface area contributed by atoms with Gasteiger partial charge in [-0.05, 0) is 49.7 Å². The third-order valence-corrected chi connectivity index (χ3v) is 2.68. The Hall–Kier alpha value is -2.43. The minimum absolute atomic E-state index is 0.285. The molecule has 1 heterocycles. The van der Waals surface area contributed by atoms with E-state index in [4.69, 9.17) is 0 Å². The average molecular weight is 260 g/mol. The number of rotatable bonds is 2.